The predicted molar refractivity (Wildman–Crippen MR) is 145 cm³/mol. The summed E-state index contributed by atoms with van der Waals surface area (Å²) >= 11 is 1.11. The SMILES string of the molecule is COc1ccc(/C=C/C(=O)c2nn(C)cc2[N+](=O)[O-])cc1CSc1nc(C(F)F)cc(-c2ccccc2)c1C#N. The number of pyridine rings is 1. The molecule has 0 fully saturated rings. The lowest BCUT2D eigenvalue weighted by molar-refractivity contribution is -0.385. The van der Waals surface area contributed by atoms with E-state index < -0.39 is 28.5 Å². The van der Waals surface area contributed by atoms with E-state index in [-0.39, 0.29) is 22.0 Å². The van der Waals surface area contributed by atoms with Gasteiger partial charge in [-0.25, -0.2) is 13.8 Å². The van der Waals surface area contributed by atoms with Gasteiger partial charge in [-0.3, -0.25) is 19.6 Å². The highest BCUT2D eigenvalue weighted by atomic mass is 32.2. The number of nitriles is 1. The van der Waals surface area contributed by atoms with Crippen LogP contribution >= 0.6 is 11.8 Å². The molecule has 0 unspecified atom stereocenters. The van der Waals surface area contributed by atoms with E-state index >= 15 is 0 Å². The van der Waals surface area contributed by atoms with E-state index in [1.54, 1.807) is 48.5 Å². The minimum atomic E-state index is -2.83. The van der Waals surface area contributed by atoms with Crippen LogP contribution in [0.4, 0.5) is 14.5 Å². The molecule has 4 rings (SSSR count). The Morgan fingerprint density at radius 2 is 2.00 bits per heavy atom. The fourth-order valence-electron chi connectivity index (χ4n) is 3.91. The number of halogens is 2. The van der Waals surface area contributed by atoms with E-state index in [1.165, 1.54) is 37.1 Å². The van der Waals surface area contributed by atoms with E-state index in [9.17, 15) is 29.0 Å². The number of rotatable bonds is 10. The first-order valence-electron chi connectivity index (χ1n) is 11.7. The lowest BCUT2D eigenvalue weighted by Crippen LogP contribution is -2.01. The minimum absolute atomic E-state index is 0.153. The zero-order valence-corrected chi connectivity index (χ0v) is 22.1. The molecular weight excluding hydrogens is 540 g/mol. The molecule has 0 radical (unpaired) electrons. The van der Waals surface area contributed by atoms with Crippen LogP contribution in [0.5, 0.6) is 5.75 Å². The highest BCUT2D eigenvalue weighted by molar-refractivity contribution is 7.98. The maximum absolute atomic E-state index is 13.7. The Morgan fingerprint density at radius 3 is 2.65 bits per heavy atom. The molecule has 0 saturated heterocycles. The lowest BCUT2D eigenvalue weighted by Gasteiger charge is -2.13. The summed E-state index contributed by atoms with van der Waals surface area (Å²) in [5.41, 5.74) is 1.28. The number of benzene rings is 2. The zero-order chi connectivity index (χ0) is 28.8. The number of alkyl halides is 2. The van der Waals surface area contributed by atoms with Crippen LogP contribution in [0.1, 0.15) is 39.3 Å². The van der Waals surface area contributed by atoms with E-state index in [0.717, 1.165) is 18.0 Å². The molecule has 4 aromatic rings. The van der Waals surface area contributed by atoms with E-state index in [0.29, 0.717) is 28.0 Å². The number of carbonyl (C=O) groups excluding carboxylic acids is 1. The van der Waals surface area contributed by atoms with Crippen LogP contribution in [0.25, 0.3) is 17.2 Å². The Morgan fingerprint density at radius 1 is 1.25 bits per heavy atom. The van der Waals surface area contributed by atoms with Crippen molar-refractivity contribution in [2.75, 3.05) is 7.11 Å². The van der Waals surface area contributed by atoms with E-state index in [4.69, 9.17) is 4.74 Å². The van der Waals surface area contributed by atoms with Crippen molar-refractivity contribution in [2.45, 2.75) is 17.2 Å². The van der Waals surface area contributed by atoms with Crippen molar-refractivity contribution in [3.05, 3.63) is 105 Å². The number of thioether (sulfide) groups is 1. The monoisotopic (exact) mass is 561 g/mol. The fraction of sp³-hybridized carbons (Fsp3) is 0.143. The van der Waals surface area contributed by atoms with Crippen molar-refractivity contribution in [1.29, 1.82) is 5.26 Å². The van der Waals surface area contributed by atoms with Crippen molar-refractivity contribution in [2.24, 2.45) is 7.05 Å². The summed E-state index contributed by atoms with van der Waals surface area (Å²) in [5, 5.41) is 25.1. The summed E-state index contributed by atoms with van der Waals surface area (Å²) in [4.78, 5) is 27.2. The average Bonchev–Trinajstić information content (AvgIpc) is 3.36. The lowest BCUT2D eigenvalue weighted by atomic mass is 10.0. The molecule has 0 aliphatic rings. The van der Waals surface area contributed by atoms with E-state index in [2.05, 4.69) is 16.2 Å². The van der Waals surface area contributed by atoms with Crippen molar-refractivity contribution in [1.82, 2.24) is 14.8 Å². The molecule has 2 aromatic carbocycles. The van der Waals surface area contributed by atoms with Crippen molar-refractivity contribution < 1.29 is 23.2 Å². The van der Waals surface area contributed by atoms with Gasteiger partial charge < -0.3 is 4.74 Å². The maximum Gasteiger partial charge on any atom is 0.318 e. The van der Waals surface area contributed by atoms with Crippen LogP contribution in [0, 0.1) is 21.4 Å². The van der Waals surface area contributed by atoms with Crippen LogP contribution in [-0.4, -0.2) is 32.6 Å². The summed E-state index contributed by atoms with van der Waals surface area (Å²) < 4.78 is 34.0. The molecule has 2 heterocycles. The van der Waals surface area contributed by atoms with E-state index in [1.807, 2.05) is 0 Å². The van der Waals surface area contributed by atoms with Gasteiger partial charge >= 0.3 is 5.69 Å². The molecule has 0 saturated carbocycles. The third-order valence-corrected chi connectivity index (χ3v) is 6.79. The molecule has 2 aromatic heterocycles. The molecule has 202 valence electrons. The van der Waals surface area contributed by atoms with Crippen LogP contribution in [0.2, 0.25) is 0 Å². The molecule has 0 atom stereocenters. The van der Waals surface area contributed by atoms with Gasteiger partial charge in [0.15, 0.2) is 0 Å². The second kappa shape index (κ2) is 12.3. The molecular formula is C28H21F2N5O4S. The Kier molecular flexibility index (Phi) is 8.66. The van der Waals surface area contributed by atoms with Gasteiger partial charge in [-0.2, -0.15) is 10.4 Å². The molecule has 0 bridgehead atoms. The first kappa shape index (κ1) is 28.1. The van der Waals surface area contributed by atoms with Gasteiger partial charge in [0, 0.05) is 23.9 Å². The number of nitro groups is 1. The van der Waals surface area contributed by atoms with Crippen LogP contribution in [0.15, 0.2) is 71.9 Å². The highest BCUT2D eigenvalue weighted by Gasteiger charge is 2.23. The summed E-state index contributed by atoms with van der Waals surface area (Å²) in [6, 6.07) is 17.2. The summed E-state index contributed by atoms with van der Waals surface area (Å²) in [6.45, 7) is 0. The Balaban J connectivity index is 1.63. The molecule has 12 heteroatoms. The molecule has 0 aliphatic carbocycles. The number of aromatic nitrogens is 3. The fourth-order valence-corrected chi connectivity index (χ4v) is 4.90. The molecule has 9 nitrogen and oxygen atoms in total. The number of ketones is 1. The number of allylic oxidation sites excluding steroid dienone is 1. The molecule has 0 amide bonds. The maximum atomic E-state index is 13.7. The topological polar surface area (TPSA) is 124 Å². The number of hydrogen-bond acceptors (Lipinski definition) is 8. The Hall–Kier alpha value is -4.89. The number of carbonyl (C=O) groups is 1. The smallest absolute Gasteiger partial charge is 0.318 e. The Bertz CT molecular complexity index is 1650. The summed E-state index contributed by atoms with van der Waals surface area (Å²) in [5.74, 6) is 0.0786. The first-order chi connectivity index (χ1) is 19.2. The predicted octanol–water partition coefficient (Wildman–Crippen LogP) is 6.40. The first-order valence-corrected chi connectivity index (χ1v) is 12.7. The third-order valence-electron chi connectivity index (χ3n) is 5.76. The van der Waals surface area contributed by atoms with Crippen LogP contribution in [0.3, 0.4) is 0 Å². The second-order valence-electron chi connectivity index (χ2n) is 8.40. The standard InChI is InChI=1S/C28H21F2N5O4S/c1-34-15-23(35(37)38)26(33-34)24(36)10-8-17-9-11-25(39-2)19(12-17)16-40-28-21(14-31)20(13-22(32-28)27(29)30)18-6-4-3-5-7-18/h3-13,15,27H,16H2,1-2H3/b10-8+. The van der Waals surface area contributed by atoms with Crippen LogP contribution < -0.4 is 4.74 Å². The minimum Gasteiger partial charge on any atom is -0.496 e. The van der Waals surface area contributed by atoms with Gasteiger partial charge in [-0.05, 0) is 35.4 Å². The Labute approximate surface area is 231 Å². The van der Waals surface area contributed by atoms with Crippen molar-refractivity contribution in [3.63, 3.8) is 0 Å². The number of nitrogens with zero attached hydrogens (tertiary/aromatic N) is 5. The van der Waals surface area contributed by atoms with Gasteiger partial charge in [0.05, 0.1) is 17.6 Å². The number of hydrogen-bond donors (Lipinski definition) is 0. The normalized spacial score (nSPS) is 11.1. The van der Waals surface area contributed by atoms with Gasteiger partial charge in [0.2, 0.25) is 11.5 Å². The van der Waals surface area contributed by atoms with Crippen LogP contribution in [-0.2, 0) is 12.8 Å². The largest absolute Gasteiger partial charge is 0.496 e. The van der Waals surface area contributed by atoms with Gasteiger partial charge in [0.25, 0.3) is 6.43 Å². The second-order valence-corrected chi connectivity index (χ2v) is 9.37. The number of ether oxygens (including phenoxy) is 1. The van der Waals surface area contributed by atoms with Crippen molar-refractivity contribution >= 4 is 29.3 Å². The third kappa shape index (κ3) is 6.22. The average molecular weight is 562 g/mol. The quantitative estimate of drug-likeness (QED) is 0.0717. The van der Waals surface area contributed by atoms with Gasteiger partial charge in [0.1, 0.15) is 28.7 Å². The summed E-state index contributed by atoms with van der Waals surface area (Å²) in [6.07, 6.45) is 0.990. The molecule has 0 aliphatic heterocycles. The van der Waals surface area contributed by atoms with Gasteiger partial charge in [-0.1, -0.05) is 42.5 Å². The molecule has 0 spiro atoms. The number of methoxy groups -OCH3 is 1. The molecule has 0 N–H and O–H groups in total. The zero-order valence-electron chi connectivity index (χ0n) is 21.2. The number of aryl methyl sites for hydroxylation is 1. The molecule has 40 heavy (non-hydrogen) atoms. The summed E-state index contributed by atoms with van der Waals surface area (Å²) in [7, 11) is 2.96. The van der Waals surface area contributed by atoms with Gasteiger partial charge in [-0.15, -0.1) is 11.8 Å². The van der Waals surface area contributed by atoms with Crippen molar-refractivity contribution in [3.8, 4) is 22.9 Å². The highest BCUT2D eigenvalue weighted by Crippen LogP contribution is 2.36.